The molecule has 0 atom stereocenters. The third-order valence-corrected chi connectivity index (χ3v) is 3.49. The minimum atomic E-state index is -0.135. The normalized spacial score (nSPS) is 11.0. The Kier molecular flexibility index (Phi) is 5.80. The van der Waals surface area contributed by atoms with Gasteiger partial charge in [-0.05, 0) is 30.2 Å². The Hall–Kier alpha value is -2.75. The number of benzene rings is 2. The van der Waals surface area contributed by atoms with Crippen molar-refractivity contribution >= 4 is 11.5 Å². The molecule has 1 amide bonds. The number of amides is 1. The van der Waals surface area contributed by atoms with E-state index in [1.807, 2.05) is 49.4 Å². The summed E-state index contributed by atoms with van der Waals surface area (Å²) in [6, 6.07) is 15.3. The smallest absolute Gasteiger partial charge is 0.244 e. The summed E-state index contributed by atoms with van der Waals surface area (Å²) in [5.74, 6) is 1.25. The van der Waals surface area contributed by atoms with E-state index in [4.69, 9.17) is 9.47 Å². The number of carbonyl (C=O) groups excluding carboxylic acids is 1. The van der Waals surface area contributed by atoms with Crippen molar-refractivity contribution in [3.05, 3.63) is 65.7 Å². The molecule has 0 aliphatic rings. The molecule has 0 heterocycles. The fourth-order valence-corrected chi connectivity index (χ4v) is 2.23. The van der Waals surface area contributed by atoms with Crippen molar-refractivity contribution in [1.29, 1.82) is 0 Å². The molecular weight excluding hydrogens is 290 g/mol. The first-order chi connectivity index (χ1) is 11.1. The van der Waals surface area contributed by atoms with Crippen LogP contribution in [0.15, 0.2) is 54.6 Å². The van der Waals surface area contributed by atoms with Crippen LogP contribution >= 0.6 is 0 Å². The third-order valence-electron chi connectivity index (χ3n) is 3.49. The number of rotatable bonds is 6. The molecule has 0 saturated carbocycles. The van der Waals surface area contributed by atoms with Crippen molar-refractivity contribution in [2.24, 2.45) is 0 Å². The Morgan fingerprint density at radius 2 is 1.83 bits per heavy atom. The molecule has 0 aliphatic heterocycles. The fraction of sp³-hybridized carbons (Fsp3) is 0.211. The van der Waals surface area contributed by atoms with E-state index in [-0.39, 0.29) is 5.91 Å². The van der Waals surface area contributed by atoms with Crippen LogP contribution < -0.4 is 14.8 Å². The van der Waals surface area contributed by atoms with Crippen molar-refractivity contribution in [3.8, 4) is 11.5 Å². The largest absolute Gasteiger partial charge is 0.497 e. The van der Waals surface area contributed by atoms with Gasteiger partial charge in [0.15, 0.2) is 0 Å². The number of ether oxygens (including phenoxy) is 2. The van der Waals surface area contributed by atoms with Gasteiger partial charge in [-0.15, -0.1) is 0 Å². The maximum atomic E-state index is 12.1. The summed E-state index contributed by atoms with van der Waals surface area (Å²) >= 11 is 0. The highest BCUT2D eigenvalue weighted by Crippen LogP contribution is 2.29. The van der Waals surface area contributed by atoms with E-state index in [9.17, 15) is 4.79 Å². The van der Waals surface area contributed by atoms with Crippen LogP contribution in [0.25, 0.3) is 5.57 Å². The van der Waals surface area contributed by atoms with Gasteiger partial charge in [0.05, 0.1) is 14.2 Å². The Morgan fingerprint density at radius 3 is 2.48 bits per heavy atom. The Balaban J connectivity index is 2.08. The summed E-state index contributed by atoms with van der Waals surface area (Å²) in [7, 11) is 3.20. The number of allylic oxidation sites excluding steroid dienone is 1. The summed E-state index contributed by atoms with van der Waals surface area (Å²) in [6.07, 6.45) is 1.58. The van der Waals surface area contributed by atoms with Gasteiger partial charge in [-0.25, -0.2) is 0 Å². The molecule has 23 heavy (non-hydrogen) atoms. The number of methoxy groups -OCH3 is 2. The molecule has 0 radical (unpaired) electrons. The van der Waals surface area contributed by atoms with Gasteiger partial charge in [-0.2, -0.15) is 0 Å². The van der Waals surface area contributed by atoms with Gasteiger partial charge < -0.3 is 14.8 Å². The zero-order chi connectivity index (χ0) is 16.7. The minimum Gasteiger partial charge on any atom is -0.497 e. The molecule has 0 spiro atoms. The molecule has 0 saturated heterocycles. The molecule has 4 heteroatoms. The van der Waals surface area contributed by atoms with Gasteiger partial charge in [0.1, 0.15) is 11.5 Å². The standard InChI is InChI=1S/C19H21NO3/c1-14(17-10-9-16(22-2)12-18(17)23-3)11-19(21)20-13-15-7-5-4-6-8-15/h4-12H,13H2,1-3H3,(H,20,21)/b14-11+. The van der Waals surface area contributed by atoms with E-state index < -0.39 is 0 Å². The number of hydrogen-bond acceptors (Lipinski definition) is 3. The number of carbonyl (C=O) groups is 1. The van der Waals surface area contributed by atoms with Crippen molar-refractivity contribution < 1.29 is 14.3 Å². The van der Waals surface area contributed by atoms with Crippen molar-refractivity contribution in [2.45, 2.75) is 13.5 Å². The summed E-state index contributed by atoms with van der Waals surface area (Å²) < 4.78 is 10.5. The Morgan fingerprint density at radius 1 is 1.09 bits per heavy atom. The van der Waals surface area contributed by atoms with Crippen LogP contribution in [0.5, 0.6) is 11.5 Å². The van der Waals surface area contributed by atoms with Crippen LogP contribution in [0.1, 0.15) is 18.1 Å². The second-order valence-electron chi connectivity index (χ2n) is 5.10. The first-order valence-corrected chi connectivity index (χ1v) is 7.36. The lowest BCUT2D eigenvalue weighted by Gasteiger charge is -2.11. The van der Waals surface area contributed by atoms with Crippen molar-refractivity contribution in [1.82, 2.24) is 5.32 Å². The monoisotopic (exact) mass is 311 g/mol. The summed E-state index contributed by atoms with van der Waals surface area (Å²) in [4.78, 5) is 12.1. The van der Waals surface area contributed by atoms with Crippen LogP contribution in [0, 0.1) is 0 Å². The molecule has 0 fully saturated rings. The predicted octanol–water partition coefficient (Wildman–Crippen LogP) is 3.42. The summed E-state index contributed by atoms with van der Waals surface area (Å²) in [6.45, 7) is 2.38. The quantitative estimate of drug-likeness (QED) is 0.832. The van der Waals surface area contributed by atoms with E-state index in [1.54, 1.807) is 26.4 Å². The zero-order valence-electron chi connectivity index (χ0n) is 13.6. The average Bonchev–Trinajstić information content (AvgIpc) is 2.60. The molecular formula is C19H21NO3. The number of nitrogens with one attached hydrogen (secondary N) is 1. The van der Waals surface area contributed by atoms with E-state index in [0.717, 1.165) is 16.7 Å². The van der Waals surface area contributed by atoms with Gasteiger partial charge in [-0.1, -0.05) is 30.3 Å². The fourth-order valence-electron chi connectivity index (χ4n) is 2.23. The maximum Gasteiger partial charge on any atom is 0.244 e. The van der Waals surface area contributed by atoms with E-state index in [1.165, 1.54) is 0 Å². The van der Waals surface area contributed by atoms with Crippen molar-refractivity contribution in [2.75, 3.05) is 14.2 Å². The molecule has 0 aromatic heterocycles. The molecule has 2 aromatic rings. The molecule has 2 rings (SSSR count). The lowest BCUT2D eigenvalue weighted by Crippen LogP contribution is -2.20. The number of hydrogen-bond donors (Lipinski definition) is 1. The average molecular weight is 311 g/mol. The summed E-state index contributed by atoms with van der Waals surface area (Å²) in [5.41, 5.74) is 2.76. The van der Waals surface area contributed by atoms with Crippen LogP contribution in [-0.4, -0.2) is 20.1 Å². The van der Waals surface area contributed by atoms with Gasteiger partial charge in [-0.3, -0.25) is 4.79 Å². The van der Waals surface area contributed by atoms with Crippen molar-refractivity contribution in [3.63, 3.8) is 0 Å². The highest BCUT2D eigenvalue weighted by molar-refractivity contribution is 5.95. The topological polar surface area (TPSA) is 47.6 Å². The first-order valence-electron chi connectivity index (χ1n) is 7.36. The van der Waals surface area contributed by atoms with Gasteiger partial charge >= 0.3 is 0 Å². The Labute approximate surface area is 136 Å². The molecule has 1 N–H and O–H groups in total. The van der Waals surface area contributed by atoms with Crippen LogP contribution in [0.3, 0.4) is 0 Å². The summed E-state index contributed by atoms with van der Waals surface area (Å²) in [5, 5.41) is 2.88. The lowest BCUT2D eigenvalue weighted by atomic mass is 10.1. The SMILES string of the molecule is COc1ccc(/C(C)=C/C(=O)NCc2ccccc2)c(OC)c1. The molecule has 120 valence electrons. The molecule has 0 aliphatic carbocycles. The third kappa shape index (κ3) is 4.61. The van der Waals surface area contributed by atoms with Gasteiger partial charge in [0.2, 0.25) is 5.91 Å². The highest BCUT2D eigenvalue weighted by atomic mass is 16.5. The Bertz CT molecular complexity index is 693. The molecule has 2 aromatic carbocycles. The van der Waals surface area contributed by atoms with Gasteiger partial charge in [0.25, 0.3) is 0 Å². The second kappa shape index (κ2) is 8.03. The highest BCUT2D eigenvalue weighted by Gasteiger charge is 2.08. The molecule has 0 unspecified atom stereocenters. The van der Waals surface area contributed by atoms with Crippen LogP contribution in [0.2, 0.25) is 0 Å². The maximum absolute atomic E-state index is 12.1. The van der Waals surface area contributed by atoms with Crippen LogP contribution in [-0.2, 0) is 11.3 Å². The van der Waals surface area contributed by atoms with E-state index >= 15 is 0 Å². The zero-order valence-corrected chi connectivity index (χ0v) is 13.6. The minimum absolute atomic E-state index is 0.135. The van der Waals surface area contributed by atoms with E-state index in [0.29, 0.717) is 18.0 Å². The first kappa shape index (κ1) is 16.6. The predicted molar refractivity (Wildman–Crippen MR) is 91.5 cm³/mol. The lowest BCUT2D eigenvalue weighted by molar-refractivity contribution is -0.116. The van der Waals surface area contributed by atoms with Gasteiger partial charge in [0, 0.05) is 24.3 Å². The molecule has 0 bridgehead atoms. The van der Waals surface area contributed by atoms with Crippen LogP contribution in [0.4, 0.5) is 0 Å². The second-order valence-corrected chi connectivity index (χ2v) is 5.10. The molecule has 4 nitrogen and oxygen atoms in total. The van der Waals surface area contributed by atoms with E-state index in [2.05, 4.69) is 5.32 Å².